The third-order valence-electron chi connectivity index (χ3n) is 13.0. The molecule has 0 aliphatic carbocycles. The smallest absolute Gasteiger partial charge is 0.0541 e. The summed E-state index contributed by atoms with van der Waals surface area (Å²) in [6, 6.07) is 97.0. The molecule has 0 atom stereocenters. The molecule has 1 aromatic heterocycles. The van der Waals surface area contributed by atoms with Gasteiger partial charge in [-0.1, -0.05) is 212 Å². The van der Waals surface area contributed by atoms with Crippen molar-refractivity contribution in [1.29, 1.82) is 0 Å². The molecule has 2 nitrogen and oxygen atoms in total. The zero-order chi connectivity index (χ0) is 43.8. The van der Waals surface area contributed by atoms with Gasteiger partial charge in [0.2, 0.25) is 0 Å². The van der Waals surface area contributed by atoms with Crippen LogP contribution in [0.4, 0.5) is 17.1 Å². The van der Waals surface area contributed by atoms with E-state index in [-0.39, 0.29) is 0 Å². The maximum Gasteiger partial charge on any atom is 0.0541 e. The first-order valence-electron chi connectivity index (χ1n) is 22.7. The van der Waals surface area contributed by atoms with Crippen LogP contribution in [0.25, 0.3) is 93.9 Å². The van der Waals surface area contributed by atoms with Crippen LogP contribution in [0.1, 0.15) is 0 Å². The Kier molecular flexibility index (Phi) is 9.89. The molecular formula is C64H44N2. The third kappa shape index (κ3) is 6.84. The number of hydrogen-bond acceptors (Lipinski definition) is 1. The summed E-state index contributed by atoms with van der Waals surface area (Å²) >= 11 is 0. The molecule has 0 bridgehead atoms. The molecule has 0 unspecified atom stereocenters. The Morgan fingerprint density at radius 3 is 1.48 bits per heavy atom. The van der Waals surface area contributed by atoms with Gasteiger partial charge in [-0.05, 0) is 115 Å². The number of hydrogen-bond donors (Lipinski definition) is 0. The highest BCUT2D eigenvalue weighted by molar-refractivity contribution is 6.09. The van der Waals surface area contributed by atoms with Crippen LogP contribution in [0.3, 0.4) is 0 Å². The molecular weight excluding hydrogens is 797 g/mol. The number of aromatic nitrogens is 1. The Balaban J connectivity index is 1.09. The molecule has 1 heterocycles. The molecule has 0 fully saturated rings. The minimum Gasteiger partial charge on any atom is -0.310 e. The lowest BCUT2D eigenvalue weighted by atomic mass is 9.84. The minimum atomic E-state index is 1.06. The minimum absolute atomic E-state index is 1.06. The summed E-state index contributed by atoms with van der Waals surface area (Å²) in [5.41, 5.74) is 18.5. The quantitative estimate of drug-likeness (QED) is 0.141. The van der Waals surface area contributed by atoms with Crippen molar-refractivity contribution in [2.75, 3.05) is 4.90 Å². The Hall–Kier alpha value is -8.72. The predicted molar refractivity (Wildman–Crippen MR) is 280 cm³/mol. The molecule has 0 radical (unpaired) electrons. The summed E-state index contributed by atoms with van der Waals surface area (Å²) in [7, 11) is 0. The highest BCUT2D eigenvalue weighted by Gasteiger charge is 2.23. The van der Waals surface area contributed by atoms with E-state index in [9.17, 15) is 0 Å². The largest absolute Gasteiger partial charge is 0.310 e. The molecule has 2 heteroatoms. The molecule has 66 heavy (non-hydrogen) atoms. The molecule has 0 N–H and O–H groups in total. The van der Waals surface area contributed by atoms with Crippen molar-refractivity contribution in [3.8, 4) is 61.3 Å². The number of nitrogens with zero attached hydrogens (tertiary/aromatic N) is 2. The lowest BCUT2D eigenvalue weighted by Crippen LogP contribution is -2.12. The number of para-hydroxylation sites is 3. The lowest BCUT2D eigenvalue weighted by molar-refractivity contribution is 1.17. The second-order valence-corrected chi connectivity index (χ2v) is 16.8. The molecule has 0 saturated carbocycles. The van der Waals surface area contributed by atoms with Crippen molar-refractivity contribution < 1.29 is 0 Å². The first-order valence-corrected chi connectivity index (χ1v) is 22.7. The van der Waals surface area contributed by atoms with Crippen LogP contribution in [0.2, 0.25) is 0 Å². The van der Waals surface area contributed by atoms with Crippen LogP contribution < -0.4 is 4.90 Å². The van der Waals surface area contributed by atoms with E-state index < -0.39 is 0 Å². The van der Waals surface area contributed by atoms with Gasteiger partial charge in [-0.3, -0.25) is 0 Å². The zero-order valence-electron chi connectivity index (χ0n) is 36.3. The first kappa shape index (κ1) is 38.9. The van der Waals surface area contributed by atoms with Crippen LogP contribution in [-0.2, 0) is 0 Å². The molecule has 0 aliphatic rings. The molecule has 0 amide bonds. The molecule has 12 rings (SSSR count). The maximum atomic E-state index is 2.45. The highest BCUT2D eigenvalue weighted by Crippen LogP contribution is 2.49. The molecule has 11 aromatic carbocycles. The van der Waals surface area contributed by atoms with Crippen molar-refractivity contribution in [3.63, 3.8) is 0 Å². The summed E-state index contributed by atoms with van der Waals surface area (Å²) < 4.78 is 2.39. The van der Waals surface area contributed by atoms with Gasteiger partial charge in [-0.15, -0.1) is 0 Å². The molecule has 12 aromatic rings. The average molecular weight is 841 g/mol. The van der Waals surface area contributed by atoms with E-state index in [4.69, 9.17) is 0 Å². The average Bonchev–Trinajstić information content (AvgIpc) is 3.74. The summed E-state index contributed by atoms with van der Waals surface area (Å²) in [5.74, 6) is 0. The van der Waals surface area contributed by atoms with Crippen LogP contribution >= 0.6 is 0 Å². The summed E-state index contributed by atoms with van der Waals surface area (Å²) in [4.78, 5) is 2.45. The summed E-state index contributed by atoms with van der Waals surface area (Å²) in [6.45, 7) is 0. The Bertz CT molecular complexity index is 3640. The van der Waals surface area contributed by atoms with Gasteiger partial charge in [0.25, 0.3) is 0 Å². The number of fused-ring (bicyclic) bond motifs is 4. The number of benzene rings is 11. The van der Waals surface area contributed by atoms with Gasteiger partial charge in [0.05, 0.1) is 16.7 Å². The Morgan fingerprint density at radius 2 is 0.758 bits per heavy atom. The van der Waals surface area contributed by atoms with Crippen molar-refractivity contribution >= 4 is 49.6 Å². The van der Waals surface area contributed by atoms with Gasteiger partial charge < -0.3 is 9.47 Å². The Labute approximate surface area is 385 Å². The van der Waals surface area contributed by atoms with Crippen molar-refractivity contribution in [3.05, 3.63) is 267 Å². The van der Waals surface area contributed by atoms with Crippen molar-refractivity contribution in [2.45, 2.75) is 0 Å². The summed E-state index contributed by atoms with van der Waals surface area (Å²) in [5, 5.41) is 4.96. The molecule has 310 valence electrons. The van der Waals surface area contributed by atoms with E-state index in [1.54, 1.807) is 0 Å². The van der Waals surface area contributed by atoms with Crippen molar-refractivity contribution in [1.82, 2.24) is 4.57 Å². The SMILES string of the molecule is c1ccc(-c2ccccc2-c2c(-c3ccccc3)cccc2-c2ccccc2N(c2ccc(-n3c4ccccc4c4ccccc43)cc2)c2cccc(-c3cccc4ccccc34)c2)cc1. The standard InChI is InChI=1S/C64H44N2/c1-3-20-45(21-4-1)53-29-9-10-33-59(53)64-55(47-22-5-2-6-23-47)35-19-36-60(64)58-32-13-14-37-61(58)65(51-27-17-26-48(44-51)54-34-18-25-46-24-7-8-28-52(46)54)49-40-42-50(43-41-49)66-62-38-15-11-30-56(62)57-31-12-16-39-63(57)66/h1-44H. The van der Waals surface area contributed by atoms with E-state index in [1.807, 2.05) is 0 Å². The molecule has 0 spiro atoms. The van der Waals surface area contributed by atoms with Crippen LogP contribution in [0, 0.1) is 0 Å². The van der Waals surface area contributed by atoms with Gasteiger partial charge in [0.1, 0.15) is 0 Å². The lowest BCUT2D eigenvalue weighted by Gasteiger charge is -2.29. The second kappa shape index (κ2) is 16.8. The van der Waals surface area contributed by atoms with E-state index in [2.05, 4.69) is 276 Å². The predicted octanol–water partition coefficient (Wildman–Crippen LogP) is 17.7. The topological polar surface area (TPSA) is 8.17 Å². The van der Waals surface area contributed by atoms with Gasteiger partial charge >= 0.3 is 0 Å². The van der Waals surface area contributed by atoms with E-state index >= 15 is 0 Å². The molecule has 0 aliphatic heterocycles. The van der Waals surface area contributed by atoms with Crippen LogP contribution in [-0.4, -0.2) is 4.57 Å². The van der Waals surface area contributed by atoms with Crippen LogP contribution in [0.15, 0.2) is 267 Å². The van der Waals surface area contributed by atoms with E-state index in [1.165, 1.54) is 71.5 Å². The van der Waals surface area contributed by atoms with Crippen LogP contribution in [0.5, 0.6) is 0 Å². The van der Waals surface area contributed by atoms with E-state index in [0.717, 1.165) is 39.4 Å². The number of anilines is 3. The highest BCUT2D eigenvalue weighted by atomic mass is 15.1. The number of rotatable bonds is 9. The van der Waals surface area contributed by atoms with E-state index in [0.29, 0.717) is 0 Å². The fraction of sp³-hybridized carbons (Fsp3) is 0. The van der Waals surface area contributed by atoms with Gasteiger partial charge in [0, 0.05) is 33.4 Å². The van der Waals surface area contributed by atoms with Gasteiger partial charge in [-0.25, -0.2) is 0 Å². The molecule has 0 saturated heterocycles. The Morgan fingerprint density at radius 1 is 0.273 bits per heavy atom. The van der Waals surface area contributed by atoms with Gasteiger partial charge in [-0.2, -0.15) is 0 Å². The second-order valence-electron chi connectivity index (χ2n) is 16.8. The zero-order valence-corrected chi connectivity index (χ0v) is 36.3. The third-order valence-corrected chi connectivity index (χ3v) is 13.0. The normalized spacial score (nSPS) is 11.3. The summed E-state index contributed by atoms with van der Waals surface area (Å²) in [6.07, 6.45) is 0. The maximum absolute atomic E-state index is 2.45. The fourth-order valence-corrected chi connectivity index (χ4v) is 10.1. The fourth-order valence-electron chi connectivity index (χ4n) is 10.1. The van der Waals surface area contributed by atoms with Gasteiger partial charge in [0.15, 0.2) is 0 Å². The monoisotopic (exact) mass is 840 g/mol. The van der Waals surface area contributed by atoms with Crippen molar-refractivity contribution in [2.24, 2.45) is 0 Å². The first-order chi connectivity index (χ1) is 32.8.